The van der Waals surface area contributed by atoms with Gasteiger partial charge >= 0.3 is 0 Å². The molecule has 1 amide bonds. The van der Waals surface area contributed by atoms with Crippen LogP contribution in [0, 0.1) is 5.82 Å². The summed E-state index contributed by atoms with van der Waals surface area (Å²) in [6.45, 7) is 0. The molecule has 0 saturated heterocycles. The van der Waals surface area contributed by atoms with Crippen molar-refractivity contribution in [3.05, 3.63) is 90.6 Å². The Morgan fingerprint density at radius 2 is 1.67 bits per heavy atom. The summed E-state index contributed by atoms with van der Waals surface area (Å²) >= 11 is 0. The van der Waals surface area contributed by atoms with Gasteiger partial charge in [0.25, 0.3) is 5.91 Å². The van der Waals surface area contributed by atoms with Gasteiger partial charge in [0.1, 0.15) is 17.1 Å². The molecule has 0 atom stereocenters. The molecule has 0 radical (unpaired) electrons. The molecule has 0 spiro atoms. The van der Waals surface area contributed by atoms with Gasteiger partial charge in [0.05, 0.1) is 11.1 Å². The Kier molecular flexibility index (Phi) is 4.96. The fourth-order valence-corrected chi connectivity index (χ4v) is 3.64. The second-order valence-corrected chi connectivity index (χ2v) is 8.60. The smallest absolute Gasteiger partial charge is 0.261 e. The van der Waals surface area contributed by atoms with Gasteiger partial charge in [-0.05, 0) is 48.5 Å². The maximum Gasteiger partial charge on any atom is 0.261 e. The lowest BCUT2D eigenvalue weighted by Gasteiger charge is -2.12. The van der Waals surface area contributed by atoms with E-state index in [0.717, 1.165) is 6.26 Å². The first-order valence-electron chi connectivity index (χ1n) is 8.92. The molecule has 0 aliphatic carbocycles. The zero-order valence-electron chi connectivity index (χ0n) is 15.9. The van der Waals surface area contributed by atoms with Gasteiger partial charge in [0.15, 0.2) is 15.7 Å². The molecule has 0 aliphatic rings. The fraction of sp³-hybridized carbons (Fsp3) is 0.0476. The Labute approximate surface area is 172 Å². The molecule has 0 bridgehead atoms. The molecule has 0 unspecified atom stereocenters. The van der Waals surface area contributed by atoms with Crippen LogP contribution in [0.2, 0.25) is 0 Å². The molecule has 0 fully saturated rings. The van der Waals surface area contributed by atoms with Crippen LogP contribution in [0.5, 0.6) is 0 Å². The highest BCUT2D eigenvalue weighted by molar-refractivity contribution is 7.90. The molecule has 152 valence electrons. The quantitative estimate of drug-likeness (QED) is 0.532. The zero-order valence-corrected chi connectivity index (χ0v) is 16.7. The number of nitrogens with one attached hydrogen (secondary N) is 1. The maximum atomic E-state index is 14.4. The topological polar surface area (TPSA) is 86.0 Å². The van der Waals surface area contributed by atoms with Gasteiger partial charge in [-0.1, -0.05) is 12.1 Å². The van der Waals surface area contributed by atoms with Crippen molar-refractivity contribution < 1.29 is 17.6 Å². The summed E-state index contributed by atoms with van der Waals surface area (Å²) in [6.07, 6.45) is 5.93. The summed E-state index contributed by atoms with van der Waals surface area (Å²) in [4.78, 5) is 13.1. The third kappa shape index (κ3) is 3.74. The van der Waals surface area contributed by atoms with Crippen molar-refractivity contribution >= 4 is 21.4 Å². The minimum atomic E-state index is -3.33. The molecule has 1 N–H and O–H groups in total. The number of hydrogen-bond acceptors (Lipinski definition) is 4. The van der Waals surface area contributed by atoms with E-state index in [1.165, 1.54) is 41.2 Å². The normalized spacial score (nSPS) is 11.4. The molecule has 4 aromatic rings. The van der Waals surface area contributed by atoms with Crippen LogP contribution in [0.15, 0.2) is 84.1 Å². The second kappa shape index (κ2) is 7.60. The number of halogens is 1. The number of hydrogen-bond donors (Lipinski definition) is 1. The van der Waals surface area contributed by atoms with E-state index in [-0.39, 0.29) is 16.1 Å². The molecular formula is C21H17FN4O3S. The first kappa shape index (κ1) is 19.6. The number of benzene rings is 2. The number of anilines is 1. The van der Waals surface area contributed by atoms with E-state index in [4.69, 9.17) is 0 Å². The largest absolute Gasteiger partial charge is 0.322 e. The van der Waals surface area contributed by atoms with Crippen molar-refractivity contribution in [2.24, 2.45) is 0 Å². The Morgan fingerprint density at radius 3 is 2.30 bits per heavy atom. The van der Waals surface area contributed by atoms with E-state index in [0.29, 0.717) is 11.5 Å². The van der Waals surface area contributed by atoms with Gasteiger partial charge < -0.3 is 9.88 Å². The third-order valence-electron chi connectivity index (χ3n) is 4.46. The van der Waals surface area contributed by atoms with Gasteiger partial charge in [0.2, 0.25) is 0 Å². The maximum absolute atomic E-state index is 14.4. The lowest BCUT2D eigenvalue weighted by atomic mass is 10.2. The van der Waals surface area contributed by atoms with Crippen LogP contribution in [-0.4, -0.2) is 34.9 Å². The number of sulfone groups is 1. The van der Waals surface area contributed by atoms with Crippen LogP contribution in [-0.2, 0) is 9.84 Å². The van der Waals surface area contributed by atoms with Crippen molar-refractivity contribution in [2.45, 2.75) is 4.90 Å². The summed E-state index contributed by atoms with van der Waals surface area (Å²) in [5, 5.41) is 6.95. The zero-order chi connectivity index (χ0) is 21.3. The molecule has 4 rings (SSSR count). The molecule has 9 heteroatoms. The molecule has 2 aromatic carbocycles. The van der Waals surface area contributed by atoms with Gasteiger partial charge in [-0.2, -0.15) is 5.10 Å². The molecule has 7 nitrogen and oxygen atoms in total. The Morgan fingerprint density at radius 1 is 1.00 bits per heavy atom. The summed E-state index contributed by atoms with van der Waals surface area (Å²) in [6, 6.07) is 15.6. The van der Waals surface area contributed by atoms with Crippen LogP contribution in [0.25, 0.3) is 11.5 Å². The number of rotatable bonds is 5. The van der Waals surface area contributed by atoms with Gasteiger partial charge in [0, 0.05) is 24.3 Å². The van der Waals surface area contributed by atoms with E-state index in [2.05, 4.69) is 10.4 Å². The van der Waals surface area contributed by atoms with Crippen LogP contribution < -0.4 is 5.32 Å². The summed E-state index contributed by atoms with van der Waals surface area (Å²) < 4.78 is 40.6. The van der Waals surface area contributed by atoms with Crippen LogP contribution in [0.3, 0.4) is 0 Å². The van der Waals surface area contributed by atoms with E-state index < -0.39 is 21.6 Å². The summed E-state index contributed by atoms with van der Waals surface area (Å²) in [7, 11) is -3.33. The standard InChI is InChI=1S/C21H17FN4O3S/c1-30(28,29)16-10-8-15(9-11-16)24-20(27)17-14-23-26(19-7-3-2-6-18(19)22)21(17)25-12-4-5-13-25/h2-14H,1H3,(H,24,27). The Hall–Kier alpha value is -3.72. The minimum Gasteiger partial charge on any atom is -0.322 e. The third-order valence-corrected chi connectivity index (χ3v) is 5.59. The fourth-order valence-electron chi connectivity index (χ4n) is 3.01. The lowest BCUT2D eigenvalue weighted by Crippen LogP contribution is -2.15. The predicted molar refractivity (Wildman–Crippen MR) is 110 cm³/mol. The van der Waals surface area contributed by atoms with E-state index in [1.807, 2.05) is 0 Å². The van der Waals surface area contributed by atoms with Crippen molar-refractivity contribution in [3.63, 3.8) is 0 Å². The average molecular weight is 424 g/mol. The van der Waals surface area contributed by atoms with Gasteiger partial charge in [-0.15, -0.1) is 0 Å². The highest BCUT2D eigenvalue weighted by atomic mass is 32.2. The second-order valence-electron chi connectivity index (χ2n) is 6.59. The number of carbonyl (C=O) groups is 1. The minimum absolute atomic E-state index is 0.154. The number of aromatic nitrogens is 3. The Balaban J connectivity index is 1.72. The number of amides is 1. The number of para-hydroxylation sites is 1. The Bertz CT molecular complexity index is 1310. The molecular weight excluding hydrogens is 407 g/mol. The van der Waals surface area contributed by atoms with E-state index in [1.54, 1.807) is 47.3 Å². The first-order chi connectivity index (χ1) is 14.3. The highest BCUT2D eigenvalue weighted by Gasteiger charge is 2.21. The van der Waals surface area contributed by atoms with Gasteiger partial charge in [-0.25, -0.2) is 17.5 Å². The van der Waals surface area contributed by atoms with Crippen LogP contribution in [0.4, 0.5) is 10.1 Å². The number of nitrogens with zero attached hydrogens (tertiary/aromatic N) is 3. The monoisotopic (exact) mass is 424 g/mol. The lowest BCUT2D eigenvalue weighted by molar-refractivity contribution is 0.102. The van der Waals surface area contributed by atoms with Crippen molar-refractivity contribution in [1.82, 2.24) is 14.3 Å². The molecule has 2 heterocycles. The molecule has 0 aliphatic heterocycles. The van der Waals surface area contributed by atoms with Crippen LogP contribution >= 0.6 is 0 Å². The summed E-state index contributed by atoms with van der Waals surface area (Å²) in [5.41, 5.74) is 0.851. The highest BCUT2D eigenvalue weighted by Crippen LogP contribution is 2.23. The molecule has 30 heavy (non-hydrogen) atoms. The SMILES string of the molecule is CS(=O)(=O)c1ccc(NC(=O)c2cnn(-c3ccccc3F)c2-n2cccc2)cc1. The predicted octanol–water partition coefficient (Wildman–Crippen LogP) is 3.46. The van der Waals surface area contributed by atoms with Crippen molar-refractivity contribution in [1.29, 1.82) is 0 Å². The van der Waals surface area contributed by atoms with E-state index in [9.17, 15) is 17.6 Å². The number of carbonyl (C=O) groups excluding carboxylic acids is 1. The van der Waals surface area contributed by atoms with Crippen LogP contribution in [0.1, 0.15) is 10.4 Å². The van der Waals surface area contributed by atoms with Gasteiger partial charge in [-0.3, -0.25) is 4.79 Å². The molecule has 0 saturated carbocycles. The van der Waals surface area contributed by atoms with E-state index >= 15 is 0 Å². The molecule has 2 aromatic heterocycles. The first-order valence-corrected chi connectivity index (χ1v) is 10.8. The van der Waals surface area contributed by atoms with Crippen molar-refractivity contribution in [2.75, 3.05) is 11.6 Å². The van der Waals surface area contributed by atoms with Crippen molar-refractivity contribution in [3.8, 4) is 11.5 Å². The summed E-state index contributed by atoms with van der Waals surface area (Å²) in [5.74, 6) is -0.568. The average Bonchev–Trinajstić information content (AvgIpc) is 3.37.